The van der Waals surface area contributed by atoms with Crippen molar-refractivity contribution in [1.82, 2.24) is 0 Å². The topological polar surface area (TPSA) is 72.9 Å². The lowest BCUT2D eigenvalue weighted by Crippen LogP contribution is -2.32. The molecule has 1 fully saturated rings. The van der Waals surface area contributed by atoms with Crippen LogP contribution in [0.3, 0.4) is 0 Å². The number of amides is 1. The van der Waals surface area contributed by atoms with Crippen LogP contribution in [0, 0.1) is 0 Å². The van der Waals surface area contributed by atoms with E-state index in [1.165, 1.54) is 4.90 Å². The van der Waals surface area contributed by atoms with Crippen LogP contribution in [0.25, 0.3) is 0 Å². The van der Waals surface area contributed by atoms with E-state index in [1.54, 1.807) is 31.2 Å². The first-order chi connectivity index (χ1) is 13.0. The molecule has 3 rings (SSSR count). The summed E-state index contributed by atoms with van der Waals surface area (Å²) in [5, 5.41) is 0. The fourth-order valence-electron chi connectivity index (χ4n) is 2.42. The minimum absolute atomic E-state index is 0.119. The number of carbonyl (C=O) groups excluding carboxylic acids is 3. The smallest absolute Gasteiger partial charge is 0.422 e. The summed E-state index contributed by atoms with van der Waals surface area (Å²) in [6.45, 7) is 3.99. The Hall–Kier alpha value is -3.15. The molecule has 27 heavy (non-hydrogen) atoms. The molecule has 0 aromatic heterocycles. The number of hydrogen-bond donors (Lipinski definition) is 0. The Labute approximate surface area is 158 Å². The van der Waals surface area contributed by atoms with E-state index in [0.717, 1.165) is 12.0 Å². The summed E-state index contributed by atoms with van der Waals surface area (Å²) in [5.41, 5.74) is 1.71. The normalized spacial score (nSPS) is 15.6. The van der Waals surface area contributed by atoms with Crippen molar-refractivity contribution in [2.24, 2.45) is 0 Å². The van der Waals surface area contributed by atoms with Crippen LogP contribution >= 0.6 is 0 Å². The molecule has 1 aliphatic heterocycles. The molecule has 0 bridgehead atoms. The minimum atomic E-state index is -0.603. The van der Waals surface area contributed by atoms with Crippen molar-refractivity contribution in [3.63, 3.8) is 0 Å². The third-order valence-corrected chi connectivity index (χ3v) is 3.84. The second-order valence-electron chi connectivity index (χ2n) is 5.96. The highest BCUT2D eigenvalue weighted by atomic mass is 16.6. The monoisotopic (exact) mass is 369 g/mol. The van der Waals surface area contributed by atoms with E-state index in [1.807, 2.05) is 43.3 Å². The maximum atomic E-state index is 11.3. The fourth-order valence-corrected chi connectivity index (χ4v) is 2.42. The van der Waals surface area contributed by atoms with E-state index in [-0.39, 0.29) is 5.97 Å². The van der Waals surface area contributed by atoms with Gasteiger partial charge in [0.05, 0.1) is 0 Å². The molecule has 0 spiro atoms. The van der Waals surface area contributed by atoms with Crippen molar-refractivity contribution < 1.29 is 23.9 Å². The summed E-state index contributed by atoms with van der Waals surface area (Å²) in [5.74, 6) is -0.620. The van der Waals surface area contributed by atoms with E-state index in [2.05, 4.69) is 4.74 Å². The average Bonchev–Trinajstić information content (AvgIpc) is 2.94. The lowest BCUT2D eigenvalue weighted by atomic mass is 10.2. The Morgan fingerprint density at radius 2 is 1.63 bits per heavy atom. The van der Waals surface area contributed by atoms with Gasteiger partial charge in [-0.05, 0) is 31.0 Å². The first-order valence-corrected chi connectivity index (χ1v) is 8.82. The number of para-hydroxylation sites is 1. The van der Waals surface area contributed by atoms with Gasteiger partial charge in [0.2, 0.25) is 0 Å². The first-order valence-electron chi connectivity index (χ1n) is 8.82. The van der Waals surface area contributed by atoms with Gasteiger partial charge in [-0.1, -0.05) is 55.5 Å². The van der Waals surface area contributed by atoms with Crippen molar-refractivity contribution in [3.8, 4) is 0 Å². The highest BCUT2D eigenvalue weighted by molar-refractivity contribution is 6.06. The van der Waals surface area contributed by atoms with Crippen molar-refractivity contribution in [2.75, 3.05) is 4.90 Å². The number of cyclic esters (lactones) is 2. The van der Waals surface area contributed by atoms with E-state index in [0.29, 0.717) is 18.7 Å². The Morgan fingerprint density at radius 1 is 1.04 bits per heavy atom. The average molecular weight is 369 g/mol. The number of rotatable bonds is 5. The van der Waals surface area contributed by atoms with Gasteiger partial charge in [0.25, 0.3) is 0 Å². The van der Waals surface area contributed by atoms with Gasteiger partial charge in [0.15, 0.2) is 0 Å². The molecule has 0 saturated carbocycles. The summed E-state index contributed by atoms with van der Waals surface area (Å²) >= 11 is 0. The zero-order valence-electron chi connectivity index (χ0n) is 15.5. The minimum Gasteiger partial charge on any atom is -0.461 e. The summed E-state index contributed by atoms with van der Waals surface area (Å²) in [7, 11) is 0. The highest BCUT2D eigenvalue weighted by Gasteiger charge is 2.38. The molecule has 0 unspecified atom stereocenters. The molecule has 2 aromatic rings. The molecule has 1 saturated heterocycles. The highest BCUT2D eigenvalue weighted by Crippen LogP contribution is 2.22. The lowest BCUT2D eigenvalue weighted by molar-refractivity contribution is -0.145. The Morgan fingerprint density at radius 3 is 2.15 bits per heavy atom. The van der Waals surface area contributed by atoms with Crippen LogP contribution in [0.2, 0.25) is 0 Å². The van der Waals surface area contributed by atoms with E-state index in [9.17, 15) is 14.4 Å². The standard InChI is InChI=1S/C11H14O2.C10H9NO3/c1-2-6-11(12)13-9-10-7-4-3-5-8-10;1-7-9(12)14-10(13)11(7)8-5-3-2-4-6-8/h3-5,7-8H,2,6,9H2,1H3;2-7H,1H3/t;7-/m.0/s1. The summed E-state index contributed by atoms with van der Waals surface area (Å²) in [6, 6.07) is 18.1. The van der Waals surface area contributed by atoms with Gasteiger partial charge in [0, 0.05) is 12.1 Å². The van der Waals surface area contributed by atoms with Gasteiger partial charge in [-0.2, -0.15) is 0 Å². The molecule has 1 aliphatic rings. The van der Waals surface area contributed by atoms with Crippen molar-refractivity contribution in [2.45, 2.75) is 39.3 Å². The molecule has 6 heteroatoms. The van der Waals surface area contributed by atoms with Gasteiger partial charge in [-0.25, -0.2) is 9.59 Å². The molecule has 0 aliphatic carbocycles. The maximum absolute atomic E-state index is 11.3. The Kier molecular flexibility index (Phi) is 7.55. The molecule has 1 heterocycles. The van der Waals surface area contributed by atoms with Gasteiger partial charge < -0.3 is 9.47 Å². The Balaban J connectivity index is 0.000000194. The van der Waals surface area contributed by atoms with Crippen LogP contribution in [-0.4, -0.2) is 24.1 Å². The number of ether oxygens (including phenoxy) is 2. The molecule has 142 valence electrons. The van der Waals surface area contributed by atoms with E-state index < -0.39 is 18.1 Å². The number of anilines is 1. The second-order valence-corrected chi connectivity index (χ2v) is 5.96. The quantitative estimate of drug-likeness (QED) is 0.586. The predicted octanol–water partition coefficient (Wildman–Crippen LogP) is 4.09. The second kappa shape index (κ2) is 10.1. The number of benzene rings is 2. The molecular formula is C21H23NO5. The zero-order chi connectivity index (χ0) is 19.6. The van der Waals surface area contributed by atoms with Crippen LogP contribution in [-0.2, 0) is 25.7 Å². The Bertz CT molecular complexity index is 761. The predicted molar refractivity (Wildman–Crippen MR) is 101 cm³/mol. The number of hydrogen-bond acceptors (Lipinski definition) is 5. The SMILES string of the molecule is CCCC(=O)OCc1ccccc1.C[C@H]1C(=O)OC(=O)N1c1ccccc1. The third kappa shape index (κ3) is 5.95. The van der Waals surface area contributed by atoms with Crippen LogP contribution < -0.4 is 4.90 Å². The van der Waals surface area contributed by atoms with Gasteiger partial charge in [-0.3, -0.25) is 9.69 Å². The van der Waals surface area contributed by atoms with Crippen molar-refractivity contribution in [3.05, 3.63) is 66.2 Å². The van der Waals surface area contributed by atoms with Crippen LogP contribution in [0.15, 0.2) is 60.7 Å². The molecule has 1 atom stereocenters. The molecule has 1 amide bonds. The molecular weight excluding hydrogens is 346 g/mol. The molecule has 2 aromatic carbocycles. The van der Waals surface area contributed by atoms with E-state index >= 15 is 0 Å². The summed E-state index contributed by atoms with van der Waals surface area (Å²) < 4.78 is 9.52. The molecule has 6 nitrogen and oxygen atoms in total. The summed E-state index contributed by atoms with van der Waals surface area (Å²) in [4.78, 5) is 34.7. The number of nitrogens with zero attached hydrogens (tertiary/aromatic N) is 1. The fraction of sp³-hybridized carbons (Fsp3) is 0.286. The van der Waals surface area contributed by atoms with Crippen LogP contribution in [0.1, 0.15) is 32.3 Å². The van der Waals surface area contributed by atoms with Crippen LogP contribution in [0.5, 0.6) is 0 Å². The molecule has 0 radical (unpaired) electrons. The van der Waals surface area contributed by atoms with Gasteiger partial charge >= 0.3 is 18.0 Å². The van der Waals surface area contributed by atoms with Crippen LogP contribution in [0.4, 0.5) is 10.5 Å². The molecule has 0 N–H and O–H groups in total. The van der Waals surface area contributed by atoms with E-state index in [4.69, 9.17) is 4.74 Å². The number of esters is 2. The summed E-state index contributed by atoms with van der Waals surface area (Å²) in [6.07, 6.45) is 0.745. The lowest BCUT2D eigenvalue weighted by Gasteiger charge is -2.15. The van der Waals surface area contributed by atoms with Gasteiger partial charge in [-0.15, -0.1) is 0 Å². The number of carbonyl (C=O) groups is 3. The van der Waals surface area contributed by atoms with Crippen molar-refractivity contribution >= 4 is 23.7 Å². The van der Waals surface area contributed by atoms with Gasteiger partial charge in [0.1, 0.15) is 12.6 Å². The first kappa shape index (κ1) is 20.2. The maximum Gasteiger partial charge on any atom is 0.422 e. The third-order valence-electron chi connectivity index (χ3n) is 3.84. The zero-order valence-corrected chi connectivity index (χ0v) is 15.5. The van der Waals surface area contributed by atoms with Crippen molar-refractivity contribution in [1.29, 1.82) is 0 Å². The largest absolute Gasteiger partial charge is 0.461 e.